The van der Waals surface area contributed by atoms with Gasteiger partial charge in [-0.1, -0.05) is 35.3 Å². The van der Waals surface area contributed by atoms with E-state index in [1.54, 1.807) is 47.4 Å². The molecule has 1 N–H and O–H groups in total. The van der Waals surface area contributed by atoms with E-state index in [-0.39, 0.29) is 23.5 Å². The first-order chi connectivity index (χ1) is 13.3. The van der Waals surface area contributed by atoms with Crippen molar-refractivity contribution in [2.45, 2.75) is 19.8 Å². The molecule has 0 spiro atoms. The van der Waals surface area contributed by atoms with Gasteiger partial charge >= 0.3 is 0 Å². The van der Waals surface area contributed by atoms with Crippen LogP contribution in [0.15, 0.2) is 42.5 Å². The molecule has 0 aliphatic carbocycles. The number of nitrogens with zero attached hydrogens (tertiary/aromatic N) is 1. The Morgan fingerprint density at radius 3 is 2.39 bits per heavy atom. The Morgan fingerprint density at radius 2 is 1.75 bits per heavy atom. The van der Waals surface area contributed by atoms with E-state index in [0.29, 0.717) is 52.8 Å². The molecule has 0 aromatic heterocycles. The first-order valence-electron chi connectivity index (χ1n) is 9.01. The van der Waals surface area contributed by atoms with E-state index in [9.17, 15) is 14.4 Å². The molecule has 146 valence electrons. The van der Waals surface area contributed by atoms with Gasteiger partial charge in [0.15, 0.2) is 5.78 Å². The van der Waals surface area contributed by atoms with Crippen LogP contribution >= 0.6 is 23.2 Å². The lowest BCUT2D eigenvalue weighted by Gasteiger charge is -2.31. The van der Waals surface area contributed by atoms with E-state index < -0.39 is 0 Å². The van der Waals surface area contributed by atoms with E-state index >= 15 is 0 Å². The molecule has 2 aromatic rings. The first-order valence-corrected chi connectivity index (χ1v) is 9.77. The maximum absolute atomic E-state index is 12.7. The number of anilines is 1. The number of halogens is 2. The van der Waals surface area contributed by atoms with Crippen LogP contribution < -0.4 is 5.32 Å². The molecule has 3 rings (SSSR count). The summed E-state index contributed by atoms with van der Waals surface area (Å²) in [7, 11) is 0. The zero-order valence-corrected chi connectivity index (χ0v) is 16.9. The highest BCUT2D eigenvalue weighted by Crippen LogP contribution is 2.25. The quantitative estimate of drug-likeness (QED) is 0.732. The van der Waals surface area contributed by atoms with Crippen LogP contribution in [-0.4, -0.2) is 35.6 Å². The fraction of sp³-hybridized carbons (Fsp3) is 0.286. The number of Topliss-reactive ketones (excluding diaryl/α,β-unsaturated/α-hetero) is 1. The average molecular weight is 419 g/mol. The standard InChI is InChI=1S/C21H20Cl2N2O3/c1-13(26)15-3-2-4-17(11-15)24-20(27)14-7-9-25(10-8-14)21(28)18-6-5-16(22)12-19(18)23/h2-6,11-12,14H,7-10H2,1H3,(H,24,27). The topological polar surface area (TPSA) is 66.5 Å². The summed E-state index contributed by atoms with van der Waals surface area (Å²) in [5.41, 5.74) is 1.57. The van der Waals surface area contributed by atoms with Gasteiger partial charge in [-0.15, -0.1) is 0 Å². The van der Waals surface area contributed by atoms with Crippen molar-refractivity contribution in [3.05, 3.63) is 63.6 Å². The molecular formula is C21H20Cl2N2O3. The molecule has 2 amide bonds. The van der Waals surface area contributed by atoms with E-state index in [2.05, 4.69) is 5.32 Å². The smallest absolute Gasteiger partial charge is 0.255 e. The van der Waals surface area contributed by atoms with Crippen LogP contribution in [0.5, 0.6) is 0 Å². The number of likely N-dealkylation sites (tertiary alicyclic amines) is 1. The first kappa shape index (κ1) is 20.4. The summed E-state index contributed by atoms with van der Waals surface area (Å²) in [6, 6.07) is 11.7. The van der Waals surface area contributed by atoms with Crippen LogP contribution in [-0.2, 0) is 4.79 Å². The molecule has 1 saturated heterocycles. The molecule has 7 heteroatoms. The highest BCUT2D eigenvalue weighted by atomic mass is 35.5. The van der Waals surface area contributed by atoms with Gasteiger partial charge < -0.3 is 10.2 Å². The van der Waals surface area contributed by atoms with Gasteiger partial charge in [0.25, 0.3) is 5.91 Å². The SMILES string of the molecule is CC(=O)c1cccc(NC(=O)C2CCN(C(=O)c3ccc(Cl)cc3Cl)CC2)c1. The predicted molar refractivity (Wildman–Crippen MR) is 110 cm³/mol. The van der Waals surface area contributed by atoms with Gasteiger partial charge in [0.1, 0.15) is 0 Å². The highest BCUT2D eigenvalue weighted by Gasteiger charge is 2.28. The number of hydrogen-bond acceptors (Lipinski definition) is 3. The number of hydrogen-bond donors (Lipinski definition) is 1. The van der Waals surface area contributed by atoms with Gasteiger partial charge in [0, 0.05) is 35.3 Å². The summed E-state index contributed by atoms with van der Waals surface area (Å²) in [5.74, 6) is -0.499. The van der Waals surface area contributed by atoms with Crippen molar-refractivity contribution in [3.63, 3.8) is 0 Å². The maximum Gasteiger partial charge on any atom is 0.255 e. The summed E-state index contributed by atoms with van der Waals surface area (Å²) >= 11 is 12.0. The van der Waals surface area contributed by atoms with Gasteiger partial charge in [0.05, 0.1) is 10.6 Å². The number of amides is 2. The molecule has 1 aliphatic heterocycles. The average Bonchev–Trinajstić information content (AvgIpc) is 2.68. The van der Waals surface area contributed by atoms with E-state index in [1.807, 2.05) is 0 Å². The summed E-state index contributed by atoms with van der Waals surface area (Å²) in [4.78, 5) is 38.4. The fourth-order valence-corrected chi connectivity index (χ4v) is 3.73. The minimum Gasteiger partial charge on any atom is -0.339 e. The van der Waals surface area contributed by atoms with Crippen LogP contribution in [0.1, 0.15) is 40.5 Å². The Morgan fingerprint density at radius 1 is 1.04 bits per heavy atom. The van der Waals surface area contributed by atoms with E-state index in [4.69, 9.17) is 23.2 Å². The Kier molecular flexibility index (Phi) is 6.37. The minimum atomic E-state index is -0.189. The van der Waals surface area contributed by atoms with Gasteiger partial charge in [0.2, 0.25) is 5.91 Å². The highest BCUT2D eigenvalue weighted by molar-refractivity contribution is 6.36. The van der Waals surface area contributed by atoms with Crippen LogP contribution in [0.25, 0.3) is 0 Å². The molecular weight excluding hydrogens is 399 g/mol. The van der Waals surface area contributed by atoms with Gasteiger partial charge in [-0.05, 0) is 50.1 Å². The maximum atomic E-state index is 12.7. The molecule has 0 saturated carbocycles. The second-order valence-corrected chi connectivity index (χ2v) is 7.66. The summed E-state index contributed by atoms with van der Waals surface area (Å²) in [6.07, 6.45) is 1.13. The summed E-state index contributed by atoms with van der Waals surface area (Å²) in [5, 5.41) is 3.67. The van der Waals surface area contributed by atoms with Gasteiger partial charge in [-0.2, -0.15) is 0 Å². The molecule has 1 aliphatic rings. The number of ketones is 1. The normalized spacial score (nSPS) is 14.6. The van der Waals surface area contributed by atoms with Crippen LogP contribution in [0.2, 0.25) is 10.0 Å². The van der Waals surface area contributed by atoms with Gasteiger partial charge in [-0.3, -0.25) is 14.4 Å². The number of benzene rings is 2. The van der Waals surface area contributed by atoms with Crippen LogP contribution in [0, 0.1) is 5.92 Å². The van der Waals surface area contributed by atoms with Crippen molar-refractivity contribution in [1.29, 1.82) is 0 Å². The molecule has 0 atom stereocenters. The minimum absolute atomic E-state index is 0.0521. The van der Waals surface area contributed by atoms with Crippen molar-refractivity contribution < 1.29 is 14.4 Å². The Balaban J connectivity index is 1.59. The van der Waals surface area contributed by atoms with Crippen molar-refractivity contribution in [1.82, 2.24) is 4.90 Å². The zero-order valence-electron chi connectivity index (χ0n) is 15.4. The molecule has 0 radical (unpaired) electrons. The Bertz CT molecular complexity index is 922. The number of nitrogens with one attached hydrogen (secondary N) is 1. The second kappa shape index (κ2) is 8.76. The molecule has 1 fully saturated rings. The lowest BCUT2D eigenvalue weighted by Crippen LogP contribution is -2.41. The van der Waals surface area contributed by atoms with E-state index in [1.165, 1.54) is 6.92 Å². The van der Waals surface area contributed by atoms with Crippen molar-refractivity contribution in [2.75, 3.05) is 18.4 Å². The second-order valence-electron chi connectivity index (χ2n) is 6.82. The third-order valence-electron chi connectivity index (χ3n) is 4.85. The Labute approximate surface area is 173 Å². The lowest BCUT2D eigenvalue weighted by atomic mass is 9.95. The zero-order chi connectivity index (χ0) is 20.3. The number of carbonyl (C=O) groups excluding carboxylic acids is 3. The van der Waals surface area contributed by atoms with Crippen LogP contribution in [0.3, 0.4) is 0 Å². The largest absolute Gasteiger partial charge is 0.339 e. The van der Waals surface area contributed by atoms with Gasteiger partial charge in [-0.25, -0.2) is 0 Å². The molecule has 1 heterocycles. The molecule has 0 bridgehead atoms. The number of rotatable bonds is 4. The fourth-order valence-electron chi connectivity index (χ4n) is 3.24. The van der Waals surface area contributed by atoms with Crippen molar-refractivity contribution in [2.24, 2.45) is 5.92 Å². The van der Waals surface area contributed by atoms with Crippen molar-refractivity contribution >= 4 is 46.5 Å². The molecule has 0 unspecified atom stereocenters. The molecule has 28 heavy (non-hydrogen) atoms. The lowest BCUT2D eigenvalue weighted by molar-refractivity contribution is -0.121. The number of piperidine rings is 1. The summed E-state index contributed by atoms with van der Waals surface area (Å²) in [6.45, 7) is 2.44. The Hall–Kier alpha value is -2.37. The monoisotopic (exact) mass is 418 g/mol. The molecule has 5 nitrogen and oxygen atoms in total. The number of carbonyl (C=O) groups is 3. The summed E-state index contributed by atoms with van der Waals surface area (Å²) < 4.78 is 0. The molecule has 2 aromatic carbocycles. The van der Waals surface area contributed by atoms with E-state index in [0.717, 1.165) is 0 Å². The van der Waals surface area contributed by atoms with Crippen LogP contribution in [0.4, 0.5) is 5.69 Å². The third-order valence-corrected chi connectivity index (χ3v) is 5.40. The van der Waals surface area contributed by atoms with Crippen molar-refractivity contribution in [3.8, 4) is 0 Å². The third kappa shape index (κ3) is 4.72. The predicted octanol–water partition coefficient (Wildman–Crippen LogP) is 4.69.